The number of hydrazine groups is 1. The molecule has 0 atom stereocenters. The van der Waals surface area contributed by atoms with Crippen molar-refractivity contribution in [2.24, 2.45) is 0 Å². The predicted octanol–water partition coefficient (Wildman–Crippen LogP) is 2.02. The molecule has 2 rings (SSSR count). The SMILES string of the molecule is CCN(NC(=O)CN1CCSC1=O)c1ccc(C)cc1. The molecular formula is C14H19N3O2S. The molecule has 0 radical (unpaired) electrons. The van der Waals surface area contributed by atoms with E-state index in [1.807, 2.05) is 38.1 Å². The monoisotopic (exact) mass is 293 g/mol. The Morgan fingerprint density at radius 3 is 2.65 bits per heavy atom. The highest BCUT2D eigenvalue weighted by Gasteiger charge is 2.23. The van der Waals surface area contributed by atoms with Crippen LogP contribution in [0.2, 0.25) is 0 Å². The summed E-state index contributed by atoms with van der Waals surface area (Å²) in [6.07, 6.45) is 0. The maximum atomic E-state index is 12.0. The Morgan fingerprint density at radius 2 is 2.10 bits per heavy atom. The summed E-state index contributed by atoms with van der Waals surface area (Å²) in [6.45, 7) is 5.42. The second-order valence-electron chi connectivity index (χ2n) is 4.65. The number of hydrogen-bond acceptors (Lipinski definition) is 4. The largest absolute Gasteiger partial charge is 0.323 e. The van der Waals surface area contributed by atoms with Gasteiger partial charge in [0.15, 0.2) is 0 Å². The molecule has 1 aromatic carbocycles. The first kappa shape index (κ1) is 14.7. The van der Waals surface area contributed by atoms with Crippen LogP contribution in [0.5, 0.6) is 0 Å². The van der Waals surface area contributed by atoms with Crippen LogP contribution in [0.4, 0.5) is 10.5 Å². The van der Waals surface area contributed by atoms with Crippen LogP contribution in [0.3, 0.4) is 0 Å². The minimum atomic E-state index is -0.164. The lowest BCUT2D eigenvalue weighted by atomic mass is 10.2. The van der Waals surface area contributed by atoms with Gasteiger partial charge in [0.25, 0.3) is 11.1 Å². The van der Waals surface area contributed by atoms with Crippen molar-refractivity contribution in [3.8, 4) is 0 Å². The molecule has 1 aromatic rings. The maximum absolute atomic E-state index is 12.0. The first-order chi connectivity index (χ1) is 9.60. The number of anilines is 1. The number of amides is 2. The van der Waals surface area contributed by atoms with E-state index in [-0.39, 0.29) is 17.7 Å². The van der Waals surface area contributed by atoms with E-state index in [2.05, 4.69) is 5.43 Å². The fraction of sp³-hybridized carbons (Fsp3) is 0.429. The van der Waals surface area contributed by atoms with Crippen molar-refractivity contribution in [1.29, 1.82) is 0 Å². The molecule has 0 spiro atoms. The molecule has 0 aliphatic carbocycles. The van der Waals surface area contributed by atoms with E-state index < -0.39 is 0 Å². The minimum Gasteiger partial charge on any atom is -0.323 e. The lowest BCUT2D eigenvalue weighted by Gasteiger charge is -2.25. The molecule has 0 aromatic heterocycles. The molecule has 5 nitrogen and oxygen atoms in total. The summed E-state index contributed by atoms with van der Waals surface area (Å²) in [6, 6.07) is 7.95. The van der Waals surface area contributed by atoms with Gasteiger partial charge in [0.05, 0.1) is 5.69 Å². The van der Waals surface area contributed by atoms with Gasteiger partial charge in [-0.25, -0.2) is 0 Å². The van der Waals surface area contributed by atoms with E-state index >= 15 is 0 Å². The summed E-state index contributed by atoms with van der Waals surface area (Å²) in [4.78, 5) is 25.0. The van der Waals surface area contributed by atoms with Gasteiger partial charge in [-0.05, 0) is 26.0 Å². The molecule has 1 saturated heterocycles. The third kappa shape index (κ3) is 3.66. The Labute approximate surface area is 123 Å². The predicted molar refractivity (Wildman–Crippen MR) is 81.8 cm³/mol. The van der Waals surface area contributed by atoms with Gasteiger partial charge in [-0.1, -0.05) is 29.5 Å². The van der Waals surface area contributed by atoms with E-state index in [1.54, 1.807) is 9.91 Å². The van der Waals surface area contributed by atoms with Crippen molar-refractivity contribution in [3.05, 3.63) is 29.8 Å². The summed E-state index contributed by atoms with van der Waals surface area (Å²) in [5.41, 5.74) is 4.96. The van der Waals surface area contributed by atoms with Crippen molar-refractivity contribution in [2.75, 3.05) is 30.4 Å². The lowest BCUT2D eigenvalue weighted by molar-refractivity contribution is -0.121. The number of carbonyl (C=O) groups is 2. The number of thioether (sulfide) groups is 1. The number of carbonyl (C=O) groups excluding carboxylic acids is 2. The number of hydrogen-bond donors (Lipinski definition) is 1. The molecule has 20 heavy (non-hydrogen) atoms. The molecule has 1 aliphatic heterocycles. The van der Waals surface area contributed by atoms with Gasteiger partial charge in [0.2, 0.25) is 0 Å². The van der Waals surface area contributed by atoms with Crippen LogP contribution in [0.15, 0.2) is 24.3 Å². The van der Waals surface area contributed by atoms with Crippen LogP contribution in [-0.4, -0.2) is 41.4 Å². The Bertz CT molecular complexity index is 490. The third-order valence-electron chi connectivity index (χ3n) is 3.10. The molecule has 1 aliphatic rings. The molecule has 0 saturated carbocycles. The second-order valence-corrected chi connectivity index (χ2v) is 5.70. The van der Waals surface area contributed by atoms with Crippen molar-refractivity contribution >= 4 is 28.6 Å². The molecule has 0 unspecified atom stereocenters. The average Bonchev–Trinajstić information content (AvgIpc) is 2.83. The molecule has 2 amide bonds. The van der Waals surface area contributed by atoms with Crippen LogP contribution >= 0.6 is 11.8 Å². The molecule has 1 N–H and O–H groups in total. The van der Waals surface area contributed by atoms with Gasteiger partial charge in [-0.15, -0.1) is 0 Å². The summed E-state index contributed by atoms with van der Waals surface area (Å²) in [7, 11) is 0. The first-order valence-electron chi connectivity index (χ1n) is 6.65. The van der Waals surface area contributed by atoms with Crippen molar-refractivity contribution in [3.63, 3.8) is 0 Å². The quantitative estimate of drug-likeness (QED) is 0.844. The Hall–Kier alpha value is -1.69. The van der Waals surface area contributed by atoms with Crippen LogP contribution in [0, 0.1) is 6.92 Å². The highest BCUT2D eigenvalue weighted by molar-refractivity contribution is 8.13. The summed E-state index contributed by atoms with van der Waals surface area (Å²) in [5, 5.41) is 1.77. The van der Waals surface area contributed by atoms with Crippen LogP contribution < -0.4 is 10.4 Å². The number of nitrogens with zero attached hydrogens (tertiary/aromatic N) is 2. The zero-order valence-electron chi connectivity index (χ0n) is 11.8. The molecular weight excluding hydrogens is 274 g/mol. The standard InChI is InChI=1S/C14H19N3O2S/c1-3-17(12-6-4-11(2)5-7-12)15-13(18)10-16-8-9-20-14(16)19/h4-7H,3,8-10H2,1-2H3,(H,15,18). The summed E-state index contributed by atoms with van der Waals surface area (Å²) >= 11 is 1.26. The zero-order valence-corrected chi connectivity index (χ0v) is 12.6. The van der Waals surface area contributed by atoms with Gasteiger partial charge in [0, 0.05) is 18.8 Å². The molecule has 0 bridgehead atoms. The molecule has 1 heterocycles. The first-order valence-corrected chi connectivity index (χ1v) is 7.64. The molecule has 6 heteroatoms. The van der Waals surface area contributed by atoms with Gasteiger partial charge in [0.1, 0.15) is 6.54 Å². The smallest absolute Gasteiger partial charge is 0.282 e. The number of benzene rings is 1. The second kappa shape index (κ2) is 6.65. The molecule has 108 valence electrons. The minimum absolute atomic E-state index is 0.0152. The van der Waals surface area contributed by atoms with E-state index in [1.165, 1.54) is 17.3 Å². The highest BCUT2D eigenvalue weighted by Crippen LogP contribution is 2.17. The fourth-order valence-electron chi connectivity index (χ4n) is 1.98. The summed E-state index contributed by atoms with van der Waals surface area (Å²) < 4.78 is 0. The van der Waals surface area contributed by atoms with Crippen LogP contribution in [0.1, 0.15) is 12.5 Å². The van der Waals surface area contributed by atoms with Gasteiger partial charge < -0.3 is 4.90 Å². The van der Waals surface area contributed by atoms with Gasteiger partial charge >= 0.3 is 0 Å². The van der Waals surface area contributed by atoms with Crippen molar-refractivity contribution in [2.45, 2.75) is 13.8 Å². The molecule has 1 fully saturated rings. The van der Waals surface area contributed by atoms with E-state index in [0.717, 1.165) is 11.4 Å². The third-order valence-corrected chi connectivity index (χ3v) is 3.99. The number of aryl methyl sites for hydroxylation is 1. The normalized spacial score (nSPS) is 14.5. The Morgan fingerprint density at radius 1 is 1.40 bits per heavy atom. The Kier molecular flexibility index (Phi) is 4.89. The van der Waals surface area contributed by atoms with Crippen LogP contribution in [-0.2, 0) is 4.79 Å². The van der Waals surface area contributed by atoms with E-state index in [4.69, 9.17) is 0 Å². The Balaban J connectivity index is 1.94. The van der Waals surface area contributed by atoms with Crippen molar-refractivity contribution < 1.29 is 9.59 Å². The highest BCUT2D eigenvalue weighted by atomic mass is 32.2. The summed E-state index contributed by atoms with van der Waals surface area (Å²) in [5.74, 6) is 0.602. The lowest BCUT2D eigenvalue weighted by Crippen LogP contribution is -2.47. The van der Waals surface area contributed by atoms with Gasteiger partial charge in [-0.3, -0.25) is 20.0 Å². The topological polar surface area (TPSA) is 52.7 Å². The van der Waals surface area contributed by atoms with Crippen molar-refractivity contribution in [1.82, 2.24) is 10.3 Å². The zero-order chi connectivity index (χ0) is 14.5. The van der Waals surface area contributed by atoms with E-state index in [9.17, 15) is 9.59 Å². The van der Waals surface area contributed by atoms with Crippen LogP contribution in [0.25, 0.3) is 0 Å². The van der Waals surface area contributed by atoms with E-state index in [0.29, 0.717) is 13.1 Å². The maximum Gasteiger partial charge on any atom is 0.282 e. The van der Waals surface area contributed by atoms with Gasteiger partial charge in [-0.2, -0.15) is 0 Å². The fourth-order valence-corrected chi connectivity index (χ4v) is 2.80. The number of rotatable bonds is 5. The average molecular weight is 293 g/mol. The number of nitrogens with one attached hydrogen (secondary N) is 1.